The Morgan fingerprint density at radius 1 is 1.41 bits per heavy atom. The van der Waals surface area contributed by atoms with Crippen LogP contribution in [-0.2, 0) is 7.05 Å². The average molecular weight is 253 g/mol. The van der Waals surface area contributed by atoms with Crippen molar-refractivity contribution in [2.45, 2.75) is 31.7 Å². The number of halogens is 1. The summed E-state index contributed by atoms with van der Waals surface area (Å²) in [5.41, 5.74) is 1.98. The maximum absolute atomic E-state index is 5.98. The second kappa shape index (κ2) is 4.92. The molecule has 2 atom stereocenters. The molecule has 1 N–H and O–H groups in total. The Bertz CT molecular complexity index is 506. The Hall–Kier alpha value is -1.29. The zero-order chi connectivity index (χ0) is 12.4. The van der Waals surface area contributed by atoms with Gasteiger partial charge in [0.2, 0.25) is 0 Å². The van der Waals surface area contributed by atoms with Crippen LogP contribution in [0.1, 0.15) is 20.3 Å². The first-order valence-electron chi connectivity index (χ1n) is 5.74. The first-order valence-corrected chi connectivity index (χ1v) is 6.18. The minimum absolute atomic E-state index is 0.153. The van der Waals surface area contributed by atoms with Crippen molar-refractivity contribution in [2.24, 2.45) is 7.05 Å². The molecular formula is C12H17ClN4. The summed E-state index contributed by atoms with van der Waals surface area (Å²) >= 11 is 5.98. The molecule has 5 heteroatoms. The fourth-order valence-corrected chi connectivity index (χ4v) is 2.21. The quantitative estimate of drug-likeness (QED) is 0.851. The third-order valence-electron chi connectivity index (χ3n) is 2.70. The second-order valence-electron chi connectivity index (χ2n) is 4.44. The highest BCUT2D eigenvalue weighted by Gasteiger charge is 2.11. The van der Waals surface area contributed by atoms with E-state index in [9.17, 15) is 0 Å². The molecule has 0 aliphatic rings. The van der Waals surface area contributed by atoms with Crippen LogP contribution in [0.5, 0.6) is 0 Å². The first-order chi connectivity index (χ1) is 8.08. The van der Waals surface area contributed by atoms with Gasteiger partial charge in [-0.1, -0.05) is 0 Å². The molecule has 0 radical (unpaired) electrons. The number of nitrogens with one attached hydrogen (secondary N) is 1. The van der Waals surface area contributed by atoms with Crippen molar-refractivity contribution in [2.75, 3.05) is 5.32 Å². The second-order valence-corrected chi connectivity index (χ2v) is 5.19. The predicted octanol–water partition coefficient (Wildman–Crippen LogP) is 2.79. The Morgan fingerprint density at radius 3 is 2.88 bits per heavy atom. The SMILES string of the molecule is CC(Cl)CC(C)Nc1nccc2c1ncn2C. The lowest BCUT2D eigenvalue weighted by molar-refractivity contribution is 0.694. The first kappa shape index (κ1) is 12.2. The van der Waals surface area contributed by atoms with E-state index in [0.29, 0.717) is 0 Å². The summed E-state index contributed by atoms with van der Waals surface area (Å²) in [6, 6.07) is 2.24. The molecule has 4 nitrogen and oxygen atoms in total. The third kappa shape index (κ3) is 2.69. The fraction of sp³-hybridized carbons (Fsp3) is 0.500. The third-order valence-corrected chi connectivity index (χ3v) is 2.88. The van der Waals surface area contributed by atoms with Gasteiger partial charge in [0.15, 0.2) is 5.82 Å². The number of pyridine rings is 1. The van der Waals surface area contributed by atoms with E-state index in [-0.39, 0.29) is 11.4 Å². The summed E-state index contributed by atoms with van der Waals surface area (Å²) in [5, 5.41) is 3.51. The van der Waals surface area contributed by atoms with Gasteiger partial charge in [0.1, 0.15) is 5.52 Å². The predicted molar refractivity (Wildman–Crippen MR) is 71.5 cm³/mol. The van der Waals surface area contributed by atoms with Crippen molar-refractivity contribution in [1.29, 1.82) is 0 Å². The monoisotopic (exact) mass is 252 g/mol. The molecule has 0 aliphatic carbocycles. The van der Waals surface area contributed by atoms with Gasteiger partial charge in [0.25, 0.3) is 0 Å². The molecule has 2 aromatic rings. The number of fused-ring (bicyclic) bond motifs is 1. The largest absolute Gasteiger partial charge is 0.366 e. The Kier molecular flexibility index (Phi) is 3.52. The molecule has 0 saturated carbocycles. The zero-order valence-corrected chi connectivity index (χ0v) is 11.1. The van der Waals surface area contributed by atoms with E-state index < -0.39 is 0 Å². The van der Waals surface area contributed by atoms with Crippen molar-refractivity contribution in [1.82, 2.24) is 14.5 Å². The molecule has 2 aromatic heterocycles. The van der Waals surface area contributed by atoms with E-state index in [0.717, 1.165) is 23.3 Å². The van der Waals surface area contributed by atoms with Gasteiger partial charge < -0.3 is 9.88 Å². The topological polar surface area (TPSA) is 42.7 Å². The van der Waals surface area contributed by atoms with Crippen molar-refractivity contribution in [3.05, 3.63) is 18.6 Å². The molecule has 0 saturated heterocycles. The summed E-state index contributed by atoms with van der Waals surface area (Å²) in [5.74, 6) is 0.827. The van der Waals surface area contributed by atoms with Gasteiger partial charge >= 0.3 is 0 Å². The summed E-state index contributed by atoms with van der Waals surface area (Å²) in [6.45, 7) is 4.09. The number of aromatic nitrogens is 3. The molecule has 2 unspecified atom stereocenters. The smallest absolute Gasteiger partial charge is 0.154 e. The summed E-state index contributed by atoms with van der Waals surface area (Å²) in [4.78, 5) is 8.69. The normalized spacial score (nSPS) is 14.8. The molecular weight excluding hydrogens is 236 g/mol. The zero-order valence-electron chi connectivity index (χ0n) is 10.3. The summed E-state index contributed by atoms with van der Waals surface area (Å²) in [7, 11) is 1.98. The van der Waals surface area contributed by atoms with Crippen LogP contribution in [0.3, 0.4) is 0 Å². The highest BCUT2D eigenvalue weighted by atomic mass is 35.5. The number of nitrogens with zero attached hydrogens (tertiary/aromatic N) is 3. The lowest BCUT2D eigenvalue weighted by atomic mass is 10.2. The van der Waals surface area contributed by atoms with Gasteiger partial charge in [-0.25, -0.2) is 9.97 Å². The van der Waals surface area contributed by atoms with Crippen LogP contribution >= 0.6 is 11.6 Å². The highest BCUT2D eigenvalue weighted by molar-refractivity contribution is 6.20. The van der Waals surface area contributed by atoms with E-state index in [1.807, 2.05) is 24.6 Å². The molecule has 2 heterocycles. The van der Waals surface area contributed by atoms with Crippen LogP contribution in [0.4, 0.5) is 5.82 Å². The van der Waals surface area contributed by atoms with Crippen LogP contribution in [0, 0.1) is 0 Å². The minimum Gasteiger partial charge on any atom is -0.366 e. The number of aryl methyl sites for hydroxylation is 1. The van der Waals surface area contributed by atoms with Crippen LogP contribution < -0.4 is 5.32 Å². The number of anilines is 1. The van der Waals surface area contributed by atoms with E-state index >= 15 is 0 Å². The van der Waals surface area contributed by atoms with Gasteiger partial charge in [-0.3, -0.25) is 0 Å². The number of rotatable bonds is 4. The van der Waals surface area contributed by atoms with E-state index in [2.05, 4.69) is 22.2 Å². The maximum Gasteiger partial charge on any atom is 0.154 e. The van der Waals surface area contributed by atoms with Crippen LogP contribution in [-0.4, -0.2) is 26.0 Å². The molecule has 0 aromatic carbocycles. The highest BCUT2D eigenvalue weighted by Crippen LogP contribution is 2.20. The van der Waals surface area contributed by atoms with Gasteiger partial charge in [0.05, 0.1) is 11.8 Å². The Labute approximate surface area is 106 Å². The number of hydrogen-bond donors (Lipinski definition) is 1. The molecule has 2 rings (SSSR count). The Morgan fingerprint density at radius 2 is 2.18 bits per heavy atom. The van der Waals surface area contributed by atoms with Crippen LogP contribution in [0.25, 0.3) is 11.0 Å². The lowest BCUT2D eigenvalue weighted by Gasteiger charge is -2.15. The van der Waals surface area contributed by atoms with Crippen molar-refractivity contribution >= 4 is 28.5 Å². The number of hydrogen-bond acceptors (Lipinski definition) is 3. The van der Waals surface area contributed by atoms with Gasteiger partial charge in [-0.2, -0.15) is 0 Å². The Balaban J connectivity index is 2.24. The molecule has 0 bridgehead atoms. The van der Waals surface area contributed by atoms with Gasteiger partial charge in [0, 0.05) is 24.7 Å². The number of imidazole rings is 1. The van der Waals surface area contributed by atoms with Crippen molar-refractivity contribution in [3.63, 3.8) is 0 Å². The standard InChI is InChI=1S/C12H17ClN4/c1-8(13)6-9(2)16-12-11-10(4-5-14-12)17(3)7-15-11/h4-5,7-9H,6H2,1-3H3,(H,14,16). The summed E-state index contributed by atoms with van der Waals surface area (Å²) < 4.78 is 1.98. The lowest BCUT2D eigenvalue weighted by Crippen LogP contribution is -2.19. The number of alkyl halides is 1. The van der Waals surface area contributed by atoms with E-state index in [4.69, 9.17) is 11.6 Å². The summed E-state index contributed by atoms with van der Waals surface area (Å²) in [6.07, 6.45) is 4.49. The maximum atomic E-state index is 5.98. The van der Waals surface area contributed by atoms with Gasteiger partial charge in [-0.15, -0.1) is 11.6 Å². The van der Waals surface area contributed by atoms with Crippen molar-refractivity contribution in [3.8, 4) is 0 Å². The van der Waals surface area contributed by atoms with E-state index in [1.165, 1.54) is 0 Å². The molecule has 17 heavy (non-hydrogen) atoms. The van der Waals surface area contributed by atoms with Crippen LogP contribution in [0.2, 0.25) is 0 Å². The fourth-order valence-electron chi connectivity index (χ4n) is 1.95. The van der Waals surface area contributed by atoms with Gasteiger partial charge in [-0.05, 0) is 26.3 Å². The van der Waals surface area contributed by atoms with Crippen molar-refractivity contribution < 1.29 is 0 Å². The molecule has 0 amide bonds. The van der Waals surface area contributed by atoms with Crippen LogP contribution in [0.15, 0.2) is 18.6 Å². The average Bonchev–Trinajstić information content (AvgIpc) is 2.61. The van der Waals surface area contributed by atoms with E-state index in [1.54, 1.807) is 12.5 Å². The molecule has 92 valence electrons. The molecule has 0 fully saturated rings. The molecule has 0 aliphatic heterocycles. The molecule has 0 spiro atoms. The minimum atomic E-state index is 0.153.